The molecule has 0 radical (unpaired) electrons. The number of ether oxygens (including phenoxy) is 1. The second-order valence-electron chi connectivity index (χ2n) is 7.37. The summed E-state index contributed by atoms with van der Waals surface area (Å²) in [5, 5.41) is 0. The van der Waals surface area contributed by atoms with Crippen LogP contribution >= 0.6 is 0 Å². The molecule has 3 fully saturated rings. The Kier molecular flexibility index (Phi) is 4.80. The number of carbonyl (C=O) groups is 2. The van der Waals surface area contributed by atoms with Crippen LogP contribution in [0.2, 0.25) is 0 Å². The van der Waals surface area contributed by atoms with Gasteiger partial charge in [0.2, 0.25) is 5.91 Å². The highest BCUT2D eigenvalue weighted by molar-refractivity contribution is 5.76. The molecular formula is C17H29N3O3. The summed E-state index contributed by atoms with van der Waals surface area (Å²) in [5.41, 5.74) is 0.332. The van der Waals surface area contributed by atoms with Crippen LogP contribution in [0, 0.1) is 5.41 Å². The maximum Gasteiger partial charge on any atom is 0.409 e. The molecule has 0 aromatic carbocycles. The molecule has 3 rings (SSSR count). The summed E-state index contributed by atoms with van der Waals surface area (Å²) in [7, 11) is 1.93. The van der Waals surface area contributed by atoms with E-state index in [0.717, 1.165) is 45.6 Å². The minimum absolute atomic E-state index is 0.170. The van der Waals surface area contributed by atoms with Crippen molar-refractivity contribution in [3.05, 3.63) is 0 Å². The van der Waals surface area contributed by atoms with E-state index in [-0.39, 0.29) is 6.09 Å². The molecule has 3 aliphatic heterocycles. The van der Waals surface area contributed by atoms with E-state index in [1.807, 2.05) is 23.8 Å². The molecular weight excluding hydrogens is 294 g/mol. The number of piperidine rings is 2. The van der Waals surface area contributed by atoms with Crippen molar-refractivity contribution in [1.82, 2.24) is 14.7 Å². The summed E-state index contributed by atoms with van der Waals surface area (Å²) in [4.78, 5) is 29.8. The molecule has 1 spiro atoms. The lowest BCUT2D eigenvalue weighted by atomic mass is 9.72. The fourth-order valence-corrected chi connectivity index (χ4v) is 4.43. The first-order valence-electron chi connectivity index (χ1n) is 8.93. The number of rotatable bonds is 2. The van der Waals surface area contributed by atoms with Crippen LogP contribution in [0.25, 0.3) is 0 Å². The molecule has 0 aromatic rings. The smallest absolute Gasteiger partial charge is 0.409 e. The van der Waals surface area contributed by atoms with Crippen LogP contribution in [0.5, 0.6) is 0 Å². The fourth-order valence-electron chi connectivity index (χ4n) is 4.43. The number of likely N-dealkylation sites (tertiary alicyclic amines) is 3. The van der Waals surface area contributed by atoms with Gasteiger partial charge < -0.3 is 14.5 Å². The average molecular weight is 323 g/mol. The molecule has 0 bridgehead atoms. The quantitative estimate of drug-likeness (QED) is 0.774. The summed E-state index contributed by atoms with van der Waals surface area (Å²) in [5.74, 6) is 0.291. The summed E-state index contributed by atoms with van der Waals surface area (Å²) < 4.78 is 5.10. The molecule has 0 saturated carbocycles. The molecule has 2 amide bonds. The van der Waals surface area contributed by atoms with E-state index in [1.165, 1.54) is 12.8 Å². The predicted octanol–water partition coefficient (Wildman–Crippen LogP) is 1.55. The highest BCUT2D eigenvalue weighted by Crippen LogP contribution is 2.40. The zero-order valence-electron chi connectivity index (χ0n) is 14.4. The van der Waals surface area contributed by atoms with E-state index in [2.05, 4.69) is 4.90 Å². The third-order valence-corrected chi connectivity index (χ3v) is 5.93. The van der Waals surface area contributed by atoms with Crippen molar-refractivity contribution in [2.45, 2.75) is 45.1 Å². The molecule has 0 aromatic heterocycles. The second-order valence-corrected chi connectivity index (χ2v) is 7.37. The van der Waals surface area contributed by atoms with Gasteiger partial charge in [-0.15, -0.1) is 0 Å². The molecule has 3 saturated heterocycles. The standard InChI is InChI=1S/C17H29N3O3/c1-3-23-16(22)20-9-5-14(12-20)19-10-7-17(8-11-19)6-4-15(21)18(2)13-17/h14H,3-13H2,1-2H3/t14-/m0/s1. The first kappa shape index (κ1) is 16.6. The van der Waals surface area contributed by atoms with Crippen LogP contribution < -0.4 is 0 Å². The van der Waals surface area contributed by atoms with Gasteiger partial charge in [0.25, 0.3) is 0 Å². The van der Waals surface area contributed by atoms with E-state index < -0.39 is 0 Å². The predicted molar refractivity (Wildman–Crippen MR) is 87.1 cm³/mol. The van der Waals surface area contributed by atoms with Gasteiger partial charge in [0.1, 0.15) is 0 Å². The minimum atomic E-state index is -0.170. The van der Waals surface area contributed by atoms with Crippen LogP contribution in [-0.2, 0) is 9.53 Å². The number of carbonyl (C=O) groups excluding carboxylic acids is 2. The van der Waals surface area contributed by atoms with Crippen molar-refractivity contribution in [1.29, 1.82) is 0 Å². The molecule has 130 valence electrons. The second kappa shape index (κ2) is 6.67. The normalized spacial score (nSPS) is 28.4. The van der Waals surface area contributed by atoms with E-state index in [4.69, 9.17) is 4.74 Å². The number of nitrogens with zero attached hydrogens (tertiary/aromatic N) is 3. The maximum absolute atomic E-state index is 11.8. The van der Waals surface area contributed by atoms with Gasteiger partial charge in [0, 0.05) is 39.1 Å². The van der Waals surface area contributed by atoms with Gasteiger partial charge in [-0.1, -0.05) is 0 Å². The highest BCUT2D eigenvalue weighted by Gasteiger charge is 2.42. The van der Waals surface area contributed by atoms with E-state index in [1.54, 1.807) is 0 Å². The number of amides is 2. The Morgan fingerprint density at radius 1 is 1.26 bits per heavy atom. The first-order valence-corrected chi connectivity index (χ1v) is 8.93. The zero-order valence-corrected chi connectivity index (χ0v) is 14.4. The van der Waals surface area contributed by atoms with Gasteiger partial charge >= 0.3 is 6.09 Å². The fraction of sp³-hybridized carbons (Fsp3) is 0.882. The van der Waals surface area contributed by atoms with Crippen molar-refractivity contribution >= 4 is 12.0 Å². The van der Waals surface area contributed by atoms with Crippen LogP contribution in [-0.4, -0.2) is 79.1 Å². The maximum atomic E-state index is 11.8. The SMILES string of the molecule is CCOC(=O)N1CC[C@H](N2CCC3(CCC(=O)N(C)C3)CC2)C1. The molecule has 23 heavy (non-hydrogen) atoms. The lowest BCUT2D eigenvalue weighted by molar-refractivity contribution is -0.137. The van der Waals surface area contributed by atoms with Crippen LogP contribution in [0.4, 0.5) is 4.79 Å². The Morgan fingerprint density at radius 3 is 2.65 bits per heavy atom. The van der Waals surface area contributed by atoms with Gasteiger partial charge in [-0.3, -0.25) is 9.69 Å². The molecule has 6 nitrogen and oxygen atoms in total. The van der Waals surface area contributed by atoms with Gasteiger partial charge in [-0.2, -0.15) is 0 Å². The lowest BCUT2D eigenvalue weighted by Gasteiger charge is -2.47. The van der Waals surface area contributed by atoms with Gasteiger partial charge in [0.05, 0.1) is 6.61 Å². The van der Waals surface area contributed by atoms with E-state index in [0.29, 0.717) is 30.4 Å². The molecule has 3 heterocycles. The van der Waals surface area contributed by atoms with Crippen LogP contribution in [0.3, 0.4) is 0 Å². The van der Waals surface area contributed by atoms with Crippen molar-refractivity contribution in [2.75, 3.05) is 46.4 Å². The van der Waals surface area contributed by atoms with Crippen molar-refractivity contribution in [3.63, 3.8) is 0 Å². The van der Waals surface area contributed by atoms with E-state index >= 15 is 0 Å². The first-order chi connectivity index (χ1) is 11.0. The summed E-state index contributed by atoms with van der Waals surface area (Å²) >= 11 is 0. The van der Waals surface area contributed by atoms with Crippen molar-refractivity contribution in [3.8, 4) is 0 Å². The van der Waals surface area contributed by atoms with Crippen LogP contribution in [0.1, 0.15) is 39.0 Å². The van der Waals surface area contributed by atoms with E-state index in [9.17, 15) is 9.59 Å². The third kappa shape index (κ3) is 3.47. The molecule has 0 N–H and O–H groups in total. The van der Waals surface area contributed by atoms with Gasteiger partial charge in [-0.25, -0.2) is 4.79 Å². The Labute approximate surface area is 138 Å². The lowest BCUT2D eigenvalue weighted by Crippen LogP contribution is -2.52. The monoisotopic (exact) mass is 323 g/mol. The van der Waals surface area contributed by atoms with Crippen LogP contribution in [0.15, 0.2) is 0 Å². The van der Waals surface area contributed by atoms with Gasteiger partial charge in [0.15, 0.2) is 0 Å². The highest BCUT2D eigenvalue weighted by atomic mass is 16.6. The Morgan fingerprint density at radius 2 is 2.00 bits per heavy atom. The third-order valence-electron chi connectivity index (χ3n) is 5.93. The Bertz CT molecular complexity index is 460. The topological polar surface area (TPSA) is 53.1 Å². The number of hydrogen-bond donors (Lipinski definition) is 0. The van der Waals surface area contributed by atoms with Crippen molar-refractivity contribution < 1.29 is 14.3 Å². The largest absolute Gasteiger partial charge is 0.450 e. The zero-order chi connectivity index (χ0) is 16.4. The van der Waals surface area contributed by atoms with Gasteiger partial charge in [-0.05, 0) is 51.1 Å². The number of hydrogen-bond acceptors (Lipinski definition) is 4. The molecule has 0 aliphatic carbocycles. The summed E-state index contributed by atoms with van der Waals surface area (Å²) in [6.07, 6.45) is 4.96. The molecule has 6 heteroatoms. The summed E-state index contributed by atoms with van der Waals surface area (Å²) in [6, 6.07) is 0.472. The molecule has 1 atom stereocenters. The molecule has 3 aliphatic rings. The Balaban J connectivity index is 1.50. The Hall–Kier alpha value is -1.30. The summed E-state index contributed by atoms with van der Waals surface area (Å²) in [6.45, 7) is 6.98. The molecule has 0 unspecified atom stereocenters. The average Bonchev–Trinajstić information content (AvgIpc) is 3.02. The van der Waals surface area contributed by atoms with Crippen molar-refractivity contribution in [2.24, 2.45) is 5.41 Å². The minimum Gasteiger partial charge on any atom is -0.450 e.